The zero-order valence-corrected chi connectivity index (χ0v) is 21.4. The molecule has 1 nitrogen and oxygen atoms in total. The zero-order chi connectivity index (χ0) is 24.0. The van der Waals surface area contributed by atoms with Crippen molar-refractivity contribution in [3.8, 4) is 33.4 Å². The number of halogens is 1. The van der Waals surface area contributed by atoms with Crippen LogP contribution in [0, 0.1) is 0 Å². The number of benzene rings is 5. The van der Waals surface area contributed by atoms with Crippen LogP contribution in [0.25, 0.3) is 33.4 Å². The van der Waals surface area contributed by atoms with Crippen LogP contribution in [0.4, 0.5) is 11.4 Å². The van der Waals surface area contributed by atoms with Crippen LogP contribution in [0.3, 0.4) is 0 Å². The van der Waals surface area contributed by atoms with Crippen molar-refractivity contribution in [2.45, 2.75) is 19.3 Å². The van der Waals surface area contributed by atoms with E-state index in [1.54, 1.807) is 0 Å². The Morgan fingerprint density at radius 1 is 0.514 bits per heavy atom. The van der Waals surface area contributed by atoms with Gasteiger partial charge in [0.2, 0.25) is 0 Å². The summed E-state index contributed by atoms with van der Waals surface area (Å²) in [5.74, 6) is 0. The summed E-state index contributed by atoms with van der Waals surface area (Å²) in [5.41, 5.74) is 12.7. The van der Waals surface area contributed by atoms with Crippen LogP contribution < -0.4 is 5.32 Å². The van der Waals surface area contributed by atoms with Gasteiger partial charge in [-0.3, -0.25) is 0 Å². The maximum Gasteiger partial charge on any atom is 0.0384 e. The molecule has 2 heteroatoms. The van der Waals surface area contributed by atoms with Crippen molar-refractivity contribution in [1.82, 2.24) is 0 Å². The van der Waals surface area contributed by atoms with Gasteiger partial charge in [0.05, 0.1) is 0 Å². The van der Waals surface area contributed by atoms with E-state index in [9.17, 15) is 0 Å². The molecule has 35 heavy (non-hydrogen) atoms. The predicted octanol–water partition coefficient (Wildman–Crippen LogP) is 9.83. The predicted molar refractivity (Wildman–Crippen MR) is 152 cm³/mol. The van der Waals surface area contributed by atoms with Crippen LogP contribution in [0.2, 0.25) is 0 Å². The Bertz CT molecular complexity index is 1510. The maximum absolute atomic E-state index is 3.48. The average Bonchev–Trinajstić information content (AvgIpc) is 3.12. The second-order valence-electron chi connectivity index (χ2n) is 9.72. The fraction of sp³-hybridized carbons (Fsp3) is 0.0909. The maximum atomic E-state index is 3.48. The molecule has 1 N–H and O–H groups in total. The summed E-state index contributed by atoms with van der Waals surface area (Å²) in [6.07, 6.45) is 0. The van der Waals surface area contributed by atoms with Crippen molar-refractivity contribution in [2.75, 3.05) is 5.32 Å². The quantitative estimate of drug-likeness (QED) is 0.251. The molecule has 0 radical (unpaired) electrons. The minimum Gasteiger partial charge on any atom is -0.356 e. The Kier molecular flexibility index (Phi) is 5.35. The van der Waals surface area contributed by atoms with E-state index in [2.05, 4.69) is 138 Å². The fourth-order valence-electron chi connectivity index (χ4n) is 5.18. The van der Waals surface area contributed by atoms with Gasteiger partial charge in [-0.2, -0.15) is 0 Å². The second kappa shape index (κ2) is 8.55. The highest BCUT2D eigenvalue weighted by Crippen LogP contribution is 2.49. The van der Waals surface area contributed by atoms with Crippen molar-refractivity contribution >= 4 is 27.3 Å². The molecule has 0 bridgehead atoms. The van der Waals surface area contributed by atoms with Gasteiger partial charge in [-0.15, -0.1) is 0 Å². The van der Waals surface area contributed by atoms with Gasteiger partial charge in [0.1, 0.15) is 0 Å². The molecular weight excluding hydrogens is 490 g/mol. The molecule has 170 valence electrons. The van der Waals surface area contributed by atoms with E-state index in [-0.39, 0.29) is 5.41 Å². The van der Waals surface area contributed by atoms with Gasteiger partial charge in [-0.05, 0) is 87.0 Å². The smallest absolute Gasteiger partial charge is 0.0384 e. The molecule has 0 fully saturated rings. The number of rotatable bonds is 4. The van der Waals surface area contributed by atoms with Crippen LogP contribution in [0.5, 0.6) is 0 Å². The van der Waals surface area contributed by atoms with Gasteiger partial charge >= 0.3 is 0 Å². The minimum atomic E-state index is 0.0217. The molecule has 0 spiro atoms. The number of anilines is 2. The van der Waals surface area contributed by atoms with Crippen LogP contribution in [-0.2, 0) is 5.41 Å². The lowest BCUT2D eigenvalue weighted by atomic mass is 9.81. The minimum absolute atomic E-state index is 0.0217. The lowest BCUT2D eigenvalue weighted by Gasteiger charge is -2.22. The van der Waals surface area contributed by atoms with Crippen LogP contribution in [0.15, 0.2) is 120 Å². The van der Waals surface area contributed by atoms with Gasteiger partial charge in [-0.25, -0.2) is 0 Å². The summed E-state index contributed by atoms with van der Waals surface area (Å²) in [6.45, 7) is 4.67. The van der Waals surface area contributed by atoms with Crippen LogP contribution in [0.1, 0.15) is 25.0 Å². The number of fused-ring (bicyclic) bond motifs is 3. The standard InChI is InChI=1S/C33H26BrN/c1-33(2)31-6-4-3-5-29(31)30-20-13-25(21-32(30)33)24-9-7-22(8-10-24)23-11-16-27(17-12-23)35-28-18-14-26(34)15-19-28/h3-21,35H,1-2H3. The number of nitrogens with one attached hydrogen (secondary N) is 1. The first-order valence-electron chi connectivity index (χ1n) is 12.0. The lowest BCUT2D eigenvalue weighted by Crippen LogP contribution is -2.14. The summed E-state index contributed by atoms with van der Waals surface area (Å²) >= 11 is 3.48. The zero-order valence-electron chi connectivity index (χ0n) is 19.8. The molecule has 5 aromatic rings. The molecule has 0 aromatic heterocycles. The van der Waals surface area contributed by atoms with Gasteiger partial charge in [0.15, 0.2) is 0 Å². The van der Waals surface area contributed by atoms with Crippen molar-refractivity contribution in [2.24, 2.45) is 0 Å². The van der Waals surface area contributed by atoms with E-state index < -0.39 is 0 Å². The Balaban J connectivity index is 1.24. The molecule has 0 aliphatic heterocycles. The third-order valence-electron chi connectivity index (χ3n) is 7.15. The van der Waals surface area contributed by atoms with Crippen molar-refractivity contribution in [3.63, 3.8) is 0 Å². The fourth-order valence-corrected chi connectivity index (χ4v) is 5.45. The molecule has 1 aliphatic rings. The summed E-state index contributed by atoms with van der Waals surface area (Å²) in [5, 5.41) is 3.45. The third kappa shape index (κ3) is 3.98. The molecule has 0 saturated carbocycles. The van der Waals surface area contributed by atoms with E-state index in [1.807, 2.05) is 12.1 Å². The van der Waals surface area contributed by atoms with Crippen LogP contribution in [-0.4, -0.2) is 0 Å². The number of hydrogen-bond donors (Lipinski definition) is 1. The second-order valence-corrected chi connectivity index (χ2v) is 10.6. The molecule has 0 amide bonds. The number of hydrogen-bond acceptors (Lipinski definition) is 1. The summed E-state index contributed by atoms with van der Waals surface area (Å²) < 4.78 is 1.08. The van der Waals surface area contributed by atoms with Gasteiger partial charge < -0.3 is 5.32 Å². The van der Waals surface area contributed by atoms with E-state index >= 15 is 0 Å². The molecule has 1 aliphatic carbocycles. The van der Waals surface area contributed by atoms with Crippen molar-refractivity contribution < 1.29 is 0 Å². The van der Waals surface area contributed by atoms with Crippen molar-refractivity contribution in [3.05, 3.63) is 131 Å². The highest BCUT2D eigenvalue weighted by Gasteiger charge is 2.35. The Morgan fingerprint density at radius 2 is 1.00 bits per heavy atom. The summed E-state index contributed by atoms with van der Waals surface area (Å²) in [7, 11) is 0. The first-order chi connectivity index (χ1) is 17.0. The molecule has 0 unspecified atom stereocenters. The largest absolute Gasteiger partial charge is 0.356 e. The lowest BCUT2D eigenvalue weighted by molar-refractivity contribution is 0.660. The van der Waals surface area contributed by atoms with Gasteiger partial charge in [0.25, 0.3) is 0 Å². The highest BCUT2D eigenvalue weighted by atomic mass is 79.9. The molecule has 0 saturated heterocycles. The average molecular weight is 516 g/mol. The molecule has 6 rings (SSSR count). The van der Waals surface area contributed by atoms with E-state index in [1.165, 1.54) is 44.5 Å². The SMILES string of the molecule is CC1(C)c2ccccc2-c2ccc(-c3ccc(-c4ccc(Nc5ccc(Br)cc5)cc4)cc3)cc21. The van der Waals surface area contributed by atoms with E-state index in [4.69, 9.17) is 0 Å². The van der Waals surface area contributed by atoms with Gasteiger partial charge in [-0.1, -0.05) is 103 Å². The first-order valence-corrected chi connectivity index (χ1v) is 12.8. The molecule has 0 atom stereocenters. The topological polar surface area (TPSA) is 12.0 Å². The van der Waals surface area contributed by atoms with Gasteiger partial charge in [0, 0.05) is 21.3 Å². The van der Waals surface area contributed by atoms with E-state index in [0.29, 0.717) is 0 Å². The first kappa shape index (κ1) is 21.9. The Morgan fingerprint density at radius 3 is 1.66 bits per heavy atom. The molecular formula is C33H26BrN. The third-order valence-corrected chi connectivity index (χ3v) is 7.68. The van der Waals surface area contributed by atoms with E-state index in [0.717, 1.165) is 15.8 Å². The highest BCUT2D eigenvalue weighted by molar-refractivity contribution is 9.10. The Hall–Kier alpha value is -3.62. The van der Waals surface area contributed by atoms with Crippen molar-refractivity contribution in [1.29, 1.82) is 0 Å². The summed E-state index contributed by atoms with van der Waals surface area (Å²) in [4.78, 5) is 0. The van der Waals surface area contributed by atoms with Crippen LogP contribution >= 0.6 is 15.9 Å². The normalized spacial score (nSPS) is 13.2. The summed E-state index contributed by atoms with van der Waals surface area (Å²) in [6, 6.07) is 41.5. The molecule has 5 aromatic carbocycles. The molecule has 0 heterocycles. The monoisotopic (exact) mass is 515 g/mol. The Labute approximate surface area is 215 Å².